The van der Waals surface area contributed by atoms with E-state index in [0.29, 0.717) is 0 Å². The van der Waals surface area contributed by atoms with Gasteiger partial charge in [-0.25, -0.2) is 4.99 Å². The van der Waals surface area contributed by atoms with Gasteiger partial charge in [0.2, 0.25) is 0 Å². The summed E-state index contributed by atoms with van der Waals surface area (Å²) < 4.78 is 1.08. The van der Waals surface area contributed by atoms with Crippen LogP contribution >= 0.6 is 15.9 Å². The predicted molar refractivity (Wildman–Crippen MR) is 72.5 cm³/mol. The van der Waals surface area contributed by atoms with Gasteiger partial charge in [-0.1, -0.05) is 41.9 Å². The van der Waals surface area contributed by atoms with Crippen molar-refractivity contribution in [2.24, 2.45) is 9.98 Å². The average molecular weight is 279 g/mol. The molecule has 2 rings (SSSR count). The number of aliphatic imine (C=N–C) groups is 2. The van der Waals surface area contributed by atoms with Gasteiger partial charge in [0.1, 0.15) is 0 Å². The molecule has 0 saturated carbocycles. The monoisotopic (exact) mass is 278 g/mol. The minimum absolute atomic E-state index is 0.0671. The molecule has 1 aromatic rings. The molecule has 0 spiro atoms. The maximum absolute atomic E-state index is 4.74. The number of hydrogen-bond donors (Lipinski definition) is 0. The fourth-order valence-electron chi connectivity index (χ4n) is 1.78. The summed E-state index contributed by atoms with van der Waals surface area (Å²) in [6.07, 6.45) is 4.00. The molecular formula is C13H15BrN2. The van der Waals surface area contributed by atoms with Crippen LogP contribution < -0.4 is 0 Å². The van der Waals surface area contributed by atoms with Gasteiger partial charge in [0.25, 0.3) is 0 Å². The van der Waals surface area contributed by atoms with E-state index in [1.165, 1.54) is 0 Å². The van der Waals surface area contributed by atoms with Gasteiger partial charge in [0.05, 0.1) is 5.54 Å². The molecule has 0 bridgehead atoms. The Bertz CT molecular complexity index is 428. The molecule has 0 atom stereocenters. The van der Waals surface area contributed by atoms with Crippen LogP contribution in [0.3, 0.4) is 0 Å². The van der Waals surface area contributed by atoms with Gasteiger partial charge < -0.3 is 0 Å². The molecule has 0 unspecified atom stereocenters. The van der Waals surface area contributed by atoms with Crippen molar-refractivity contribution in [3.8, 4) is 0 Å². The zero-order valence-electron chi connectivity index (χ0n) is 9.57. The first-order chi connectivity index (χ1) is 7.69. The molecule has 0 radical (unpaired) electrons. The normalized spacial score (nSPS) is 17.6. The third kappa shape index (κ3) is 2.09. The van der Waals surface area contributed by atoms with Crippen LogP contribution in [0.1, 0.15) is 32.3 Å². The number of amidine groups is 1. The molecule has 0 saturated heterocycles. The molecule has 2 nitrogen and oxygen atoms in total. The summed E-state index contributed by atoms with van der Waals surface area (Å²) in [7, 11) is 0. The smallest absolute Gasteiger partial charge is 0.155 e. The Morgan fingerprint density at radius 2 is 1.75 bits per heavy atom. The van der Waals surface area contributed by atoms with E-state index in [0.717, 1.165) is 28.7 Å². The molecule has 84 valence electrons. The fourth-order valence-corrected chi connectivity index (χ4v) is 2.04. The highest BCUT2D eigenvalue weighted by atomic mass is 79.9. The first-order valence-electron chi connectivity index (χ1n) is 5.60. The summed E-state index contributed by atoms with van der Waals surface area (Å²) in [6.45, 7) is 4.31. The Hall–Kier alpha value is -0.960. The number of rotatable bonds is 3. The third-order valence-corrected chi connectivity index (χ3v) is 3.61. The molecule has 1 aromatic carbocycles. The van der Waals surface area contributed by atoms with Crippen LogP contribution in [-0.2, 0) is 0 Å². The lowest BCUT2D eigenvalue weighted by molar-refractivity contribution is 0.550. The van der Waals surface area contributed by atoms with E-state index in [-0.39, 0.29) is 5.54 Å². The van der Waals surface area contributed by atoms with Gasteiger partial charge in [-0.3, -0.25) is 4.99 Å². The lowest BCUT2D eigenvalue weighted by Crippen LogP contribution is -2.23. The fraction of sp³-hybridized carbons (Fsp3) is 0.385. The molecule has 0 aliphatic carbocycles. The van der Waals surface area contributed by atoms with Gasteiger partial charge in [-0.2, -0.15) is 0 Å². The van der Waals surface area contributed by atoms with Crippen molar-refractivity contribution >= 4 is 28.0 Å². The van der Waals surface area contributed by atoms with Crippen molar-refractivity contribution in [1.29, 1.82) is 0 Å². The van der Waals surface area contributed by atoms with E-state index in [1.54, 1.807) is 0 Å². The van der Waals surface area contributed by atoms with Crippen molar-refractivity contribution in [2.75, 3.05) is 0 Å². The molecule has 0 fully saturated rings. The van der Waals surface area contributed by atoms with Gasteiger partial charge in [-0.05, 0) is 25.0 Å². The molecule has 0 N–H and O–H groups in total. The summed E-state index contributed by atoms with van der Waals surface area (Å²) in [4.78, 5) is 9.18. The standard InChI is InChI=1S/C13H15BrN2/c1-3-13(4-2)9-15-12(16-13)10-5-7-11(14)8-6-10/h5-9H,3-4H2,1-2H3. The summed E-state index contributed by atoms with van der Waals surface area (Å²) in [5.74, 6) is 0.858. The van der Waals surface area contributed by atoms with E-state index >= 15 is 0 Å². The summed E-state index contributed by atoms with van der Waals surface area (Å²) in [5, 5.41) is 0. The van der Waals surface area contributed by atoms with Gasteiger partial charge in [0.15, 0.2) is 5.84 Å². The first kappa shape index (κ1) is 11.5. The molecule has 1 aliphatic heterocycles. The highest BCUT2D eigenvalue weighted by molar-refractivity contribution is 9.10. The van der Waals surface area contributed by atoms with Gasteiger partial charge >= 0.3 is 0 Å². The Balaban J connectivity index is 2.31. The first-order valence-corrected chi connectivity index (χ1v) is 6.39. The zero-order chi connectivity index (χ0) is 11.6. The van der Waals surface area contributed by atoms with Crippen molar-refractivity contribution in [3.63, 3.8) is 0 Å². The van der Waals surface area contributed by atoms with Crippen LogP contribution in [0.4, 0.5) is 0 Å². The number of hydrogen-bond acceptors (Lipinski definition) is 2. The zero-order valence-corrected chi connectivity index (χ0v) is 11.2. The van der Waals surface area contributed by atoms with Crippen LogP contribution in [0.15, 0.2) is 38.7 Å². The number of halogens is 1. The van der Waals surface area contributed by atoms with Crippen LogP contribution in [0.2, 0.25) is 0 Å². The summed E-state index contributed by atoms with van der Waals surface area (Å²) >= 11 is 3.43. The Kier molecular flexibility index (Phi) is 3.24. The third-order valence-electron chi connectivity index (χ3n) is 3.08. The maximum Gasteiger partial charge on any atom is 0.155 e. The maximum atomic E-state index is 4.74. The molecule has 3 heteroatoms. The van der Waals surface area contributed by atoms with Crippen molar-refractivity contribution in [1.82, 2.24) is 0 Å². The second-order valence-electron chi connectivity index (χ2n) is 4.01. The second kappa shape index (κ2) is 4.50. The predicted octanol–water partition coefficient (Wildman–Crippen LogP) is 3.84. The molecule has 16 heavy (non-hydrogen) atoms. The minimum atomic E-state index is -0.0671. The van der Waals surface area contributed by atoms with Crippen molar-refractivity contribution in [3.05, 3.63) is 34.3 Å². The van der Waals surface area contributed by atoms with Crippen LogP contribution in [0.25, 0.3) is 0 Å². The van der Waals surface area contributed by atoms with E-state index in [9.17, 15) is 0 Å². The minimum Gasteiger partial charge on any atom is -0.254 e. The SMILES string of the molecule is CCC1(CC)C=NC(c2ccc(Br)cc2)=N1. The van der Waals surface area contributed by atoms with Gasteiger partial charge in [0, 0.05) is 16.3 Å². The average Bonchev–Trinajstić information content (AvgIpc) is 2.75. The van der Waals surface area contributed by atoms with Crippen LogP contribution in [0, 0.1) is 0 Å². The van der Waals surface area contributed by atoms with E-state index in [1.807, 2.05) is 30.5 Å². The van der Waals surface area contributed by atoms with Gasteiger partial charge in [-0.15, -0.1) is 0 Å². The van der Waals surface area contributed by atoms with Crippen LogP contribution in [-0.4, -0.2) is 17.6 Å². The molecule has 1 aliphatic rings. The summed E-state index contributed by atoms with van der Waals surface area (Å²) in [6, 6.07) is 8.12. The summed E-state index contributed by atoms with van der Waals surface area (Å²) in [5.41, 5.74) is 1.02. The Morgan fingerprint density at radius 3 is 2.25 bits per heavy atom. The Labute approximate surface area is 105 Å². The number of nitrogens with zero attached hydrogens (tertiary/aromatic N) is 2. The highest BCUT2D eigenvalue weighted by Crippen LogP contribution is 2.25. The lowest BCUT2D eigenvalue weighted by atomic mass is 9.96. The molecule has 0 amide bonds. The molecular weight excluding hydrogens is 264 g/mol. The highest BCUT2D eigenvalue weighted by Gasteiger charge is 2.28. The lowest BCUT2D eigenvalue weighted by Gasteiger charge is -2.17. The molecule has 0 aromatic heterocycles. The van der Waals surface area contributed by atoms with Crippen molar-refractivity contribution < 1.29 is 0 Å². The Morgan fingerprint density at radius 1 is 1.12 bits per heavy atom. The largest absolute Gasteiger partial charge is 0.254 e. The van der Waals surface area contributed by atoms with Crippen LogP contribution in [0.5, 0.6) is 0 Å². The topological polar surface area (TPSA) is 24.7 Å². The quantitative estimate of drug-likeness (QED) is 0.803. The van der Waals surface area contributed by atoms with Crippen molar-refractivity contribution in [2.45, 2.75) is 32.2 Å². The van der Waals surface area contributed by atoms with E-state index in [2.05, 4.69) is 34.8 Å². The van der Waals surface area contributed by atoms with E-state index in [4.69, 9.17) is 4.99 Å². The van der Waals surface area contributed by atoms with E-state index < -0.39 is 0 Å². The number of benzene rings is 1. The molecule has 1 heterocycles. The second-order valence-corrected chi connectivity index (χ2v) is 4.93.